The van der Waals surface area contributed by atoms with Crippen LogP contribution in [0.3, 0.4) is 0 Å². The van der Waals surface area contributed by atoms with Crippen LogP contribution in [0.1, 0.15) is 25.3 Å². The van der Waals surface area contributed by atoms with Crippen LogP contribution in [-0.2, 0) is 10.5 Å². The van der Waals surface area contributed by atoms with Crippen LogP contribution in [0.25, 0.3) is 11.3 Å². The number of hydrogen-bond donors (Lipinski definition) is 2. The van der Waals surface area contributed by atoms with Crippen molar-refractivity contribution in [3.8, 4) is 17.1 Å². The van der Waals surface area contributed by atoms with Crippen molar-refractivity contribution < 1.29 is 9.53 Å². The van der Waals surface area contributed by atoms with Crippen molar-refractivity contribution in [2.75, 3.05) is 16.4 Å². The second kappa shape index (κ2) is 7.55. The Bertz CT molecular complexity index is 1160. The largest absolute Gasteiger partial charge is 0.435 e. The average molecular weight is 484 g/mol. The van der Waals surface area contributed by atoms with E-state index in [2.05, 4.69) is 48.7 Å². The summed E-state index contributed by atoms with van der Waals surface area (Å²) in [6.07, 6.45) is 2.15. The molecule has 2 N–H and O–H groups in total. The van der Waals surface area contributed by atoms with Crippen LogP contribution in [0.5, 0.6) is 5.88 Å². The maximum absolute atomic E-state index is 13.2. The van der Waals surface area contributed by atoms with Crippen molar-refractivity contribution in [2.45, 2.75) is 30.6 Å². The maximum Gasteiger partial charge on any atom is 0.295 e. The Kier molecular flexibility index (Phi) is 4.86. The fourth-order valence-corrected chi connectivity index (χ4v) is 4.76. The lowest BCUT2D eigenvalue weighted by Crippen LogP contribution is -2.47. The van der Waals surface area contributed by atoms with Crippen molar-refractivity contribution in [2.24, 2.45) is 0 Å². The molecule has 0 saturated heterocycles. The van der Waals surface area contributed by atoms with Crippen molar-refractivity contribution in [1.82, 2.24) is 15.2 Å². The molecule has 0 aliphatic carbocycles. The van der Waals surface area contributed by atoms with Crippen LogP contribution < -0.4 is 15.4 Å². The van der Waals surface area contributed by atoms with Crippen LogP contribution in [0, 0.1) is 0 Å². The van der Waals surface area contributed by atoms with Gasteiger partial charge in [-0.2, -0.15) is 4.98 Å². The summed E-state index contributed by atoms with van der Waals surface area (Å²) < 4.78 is 7.20. The van der Waals surface area contributed by atoms with Crippen LogP contribution in [0.4, 0.5) is 11.4 Å². The van der Waals surface area contributed by atoms with E-state index in [1.54, 1.807) is 0 Å². The molecule has 0 fully saturated rings. The first-order valence-corrected chi connectivity index (χ1v) is 11.4. The monoisotopic (exact) mass is 483 g/mol. The van der Waals surface area contributed by atoms with Crippen LogP contribution in [0.15, 0.2) is 52.1 Å². The van der Waals surface area contributed by atoms with E-state index in [4.69, 9.17) is 4.74 Å². The van der Waals surface area contributed by atoms with E-state index in [1.165, 1.54) is 11.8 Å². The lowest BCUT2D eigenvalue weighted by atomic mass is 10.0. The van der Waals surface area contributed by atoms with Crippen LogP contribution in [-0.4, -0.2) is 26.8 Å². The summed E-state index contributed by atoms with van der Waals surface area (Å²) in [4.78, 5) is 17.8. The molecule has 1 amide bonds. The van der Waals surface area contributed by atoms with Gasteiger partial charge < -0.3 is 15.4 Å². The fraction of sp³-hybridized carbons (Fsp3) is 0.238. The predicted molar refractivity (Wildman–Crippen MR) is 120 cm³/mol. The topological polar surface area (TPSA) is 89.0 Å². The zero-order valence-corrected chi connectivity index (χ0v) is 18.5. The number of ether oxygens (including phenoxy) is 1. The SMILES string of the molecule is CCCCSc1nnc2c(n1)OC1(Nc3ccccc3-2)C(=O)Nc2ccc(Br)cc21. The molecule has 2 aromatic carbocycles. The Balaban J connectivity index is 1.67. The van der Waals surface area contributed by atoms with Gasteiger partial charge in [-0.3, -0.25) is 4.79 Å². The highest BCUT2D eigenvalue weighted by Crippen LogP contribution is 2.47. The number of benzene rings is 2. The van der Waals surface area contributed by atoms with Crippen molar-refractivity contribution in [3.05, 3.63) is 52.5 Å². The molecule has 1 atom stereocenters. The summed E-state index contributed by atoms with van der Waals surface area (Å²) in [5.41, 5.74) is 1.93. The van der Waals surface area contributed by atoms with E-state index in [-0.39, 0.29) is 11.8 Å². The first-order valence-electron chi connectivity index (χ1n) is 9.66. The Morgan fingerprint density at radius 1 is 1.17 bits per heavy atom. The van der Waals surface area contributed by atoms with Gasteiger partial charge in [-0.25, -0.2) is 0 Å². The average Bonchev–Trinajstić information content (AvgIpc) is 2.91. The van der Waals surface area contributed by atoms with Crippen molar-refractivity contribution in [3.63, 3.8) is 0 Å². The maximum atomic E-state index is 13.2. The van der Waals surface area contributed by atoms with E-state index in [1.807, 2.05) is 42.5 Å². The lowest BCUT2D eigenvalue weighted by molar-refractivity contribution is -0.128. The Morgan fingerprint density at radius 2 is 2.03 bits per heavy atom. The van der Waals surface area contributed by atoms with Gasteiger partial charge in [0.05, 0.1) is 11.3 Å². The number of aromatic nitrogens is 3. The molecule has 1 aromatic heterocycles. The van der Waals surface area contributed by atoms with Gasteiger partial charge in [-0.05, 0) is 30.7 Å². The van der Waals surface area contributed by atoms with E-state index < -0.39 is 5.72 Å². The second-order valence-electron chi connectivity index (χ2n) is 7.05. The van der Waals surface area contributed by atoms with Gasteiger partial charge in [0, 0.05) is 21.5 Å². The van der Waals surface area contributed by atoms with Crippen LogP contribution >= 0.6 is 27.7 Å². The van der Waals surface area contributed by atoms with Gasteiger partial charge in [0.15, 0.2) is 5.69 Å². The standard InChI is InChI=1S/C21H18BrN5O2S/c1-2-3-10-30-20-24-18-17(26-27-20)13-6-4-5-7-15(13)25-21(29-18)14-11-12(22)8-9-16(14)23-19(21)28/h4-9,11,25H,2-3,10H2,1H3,(H,23,28). The second-order valence-corrected chi connectivity index (χ2v) is 9.03. The number of thioether (sulfide) groups is 1. The number of hydrogen-bond acceptors (Lipinski definition) is 7. The highest BCUT2D eigenvalue weighted by atomic mass is 79.9. The van der Waals surface area contributed by atoms with E-state index in [0.717, 1.165) is 34.3 Å². The normalized spacial score (nSPS) is 18.5. The Hall–Kier alpha value is -2.65. The molecule has 3 aromatic rings. The van der Waals surface area contributed by atoms with Gasteiger partial charge in [-0.15, -0.1) is 10.2 Å². The van der Waals surface area contributed by atoms with Gasteiger partial charge in [0.1, 0.15) is 0 Å². The smallest absolute Gasteiger partial charge is 0.295 e. The molecule has 1 unspecified atom stereocenters. The van der Waals surface area contributed by atoms with E-state index in [0.29, 0.717) is 22.1 Å². The molecular formula is C21H18BrN5O2S. The number of halogens is 1. The molecule has 2 aliphatic rings. The first kappa shape index (κ1) is 19.3. The molecule has 5 rings (SSSR count). The minimum Gasteiger partial charge on any atom is -0.435 e. The molecule has 0 saturated carbocycles. The summed E-state index contributed by atoms with van der Waals surface area (Å²) >= 11 is 5.03. The van der Waals surface area contributed by atoms with Crippen molar-refractivity contribution in [1.29, 1.82) is 0 Å². The number of para-hydroxylation sites is 1. The van der Waals surface area contributed by atoms with Gasteiger partial charge in [0.2, 0.25) is 11.0 Å². The van der Waals surface area contributed by atoms with Gasteiger partial charge in [0.25, 0.3) is 11.6 Å². The highest BCUT2D eigenvalue weighted by molar-refractivity contribution is 9.10. The van der Waals surface area contributed by atoms with E-state index >= 15 is 0 Å². The number of nitrogens with zero attached hydrogens (tertiary/aromatic N) is 3. The fourth-order valence-electron chi connectivity index (χ4n) is 3.54. The quantitative estimate of drug-likeness (QED) is 0.406. The number of amides is 1. The van der Waals surface area contributed by atoms with E-state index in [9.17, 15) is 4.79 Å². The predicted octanol–water partition coefficient (Wildman–Crippen LogP) is 4.80. The molecule has 0 bridgehead atoms. The summed E-state index contributed by atoms with van der Waals surface area (Å²) in [7, 11) is 0. The third-order valence-electron chi connectivity index (χ3n) is 5.04. The molecule has 1 spiro atoms. The third-order valence-corrected chi connectivity index (χ3v) is 6.45. The zero-order valence-electron chi connectivity index (χ0n) is 16.1. The van der Waals surface area contributed by atoms with Gasteiger partial charge in [-0.1, -0.05) is 59.2 Å². The summed E-state index contributed by atoms with van der Waals surface area (Å²) in [5, 5.41) is 15.5. The Morgan fingerprint density at radius 3 is 2.90 bits per heavy atom. The minimum atomic E-state index is -1.46. The van der Waals surface area contributed by atoms with Crippen LogP contribution in [0.2, 0.25) is 0 Å². The number of nitrogens with one attached hydrogen (secondary N) is 2. The lowest BCUT2D eigenvalue weighted by Gasteiger charge is -2.28. The molecule has 9 heteroatoms. The summed E-state index contributed by atoms with van der Waals surface area (Å²) in [6, 6.07) is 13.2. The number of unbranched alkanes of at least 4 members (excludes halogenated alkanes) is 1. The summed E-state index contributed by atoms with van der Waals surface area (Å²) in [6.45, 7) is 2.14. The third kappa shape index (κ3) is 3.13. The molecule has 3 heterocycles. The molecule has 0 radical (unpaired) electrons. The molecule has 152 valence electrons. The molecule has 30 heavy (non-hydrogen) atoms. The molecule has 2 aliphatic heterocycles. The minimum absolute atomic E-state index is 0.282. The summed E-state index contributed by atoms with van der Waals surface area (Å²) in [5.74, 6) is 0.870. The Labute approximate surface area is 186 Å². The highest BCUT2D eigenvalue weighted by Gasteiger charge is 2.52. The number of carbonyl (C=O) groups excluding carboxylic acids is 1. The number of fused-ring (bicyclic) bond motifs is 5. The zero-order chi connectivity index (χ0) is 20.7. The number of carbonyl (C=O) groups is 1. The molecule has 7 nitrogen and oxygen atoms in total. The number of rotatable bonds is 4. The first-order chi connectivity index (χ1) is 14.6. The van der Waals surface area contributed by atoms with Crippen molar-refractivity contribution >= 4 is 45.0 Å². The molecular weight excluding hydrogens is 466 g/mol. The number of anilines is 2. The van der Waals surface area contributed by atoms with Gasteiger partial charge >= 0.3 is 0 Å².